The molecule has 0 saturated heterocycles. The molecule has 0 aliphatic heterocycles. The maximum atomic E-state index is 6.26. The van der Waals surface area contributed by atoms with Crippen LogP contribution in [0.2, 0.25) is 0 Å². The van der Waals surface area contributed by atoms with Gasteiger partial charge in [-0.1, -0.05) is 146 Å². The minimum Gasteiger partial charge on any atom is -0.464 e. The van der Waals surface area contributed by atoms with Crippen molar-refractivity contribution in [2.45, 2.75) is 0 Å². The topological polar surface area (TPSA) is 56.7 Å². The number of benzene rings is 8. The fourth-order valence-electron chi connectivity index (χ4n) is 8.01. The molecule has 0 amide bonds. The van der Waals surface area contributed by atoms with E-state index < -0.39 is 0 Å². The van der Waals surface area contributed by atoms with Crippen molar-refractivity contribution in [3.63, 3.8) is 0 Å². The molecule has 8 aromatic carbocycles. The fraction of sp³-hybridized carbons (Fsp3) is 0. The molecule has 272 valence electrons. The van der Waals surface area contributed by atoms with Crippen molar-refractivity contribution in [1.29, 1.82) is 0 Å². The number of aromatic nitrogens is 4. The van der Waals surface area contributed by atoms with Crippen LogP contribution in [0.4, 0.5) is 0 Å². The van der Waals surface area contributed by atoms with E-state index in [0.29, 0.717) is 17.5 Å². The summed E-state index contributed by atoms with van der Waals surface area (Å²) in [6.45, 7) is 0. The first-order valence-electron chi connectivity index (χ1n) is 19.4. The summed E-state index contributed by atoms with van der Waals surface area (Å²) in [5.74, 6) is 1.81. The Bertz CT molecular complexity index is 3230. The van der Waals surface area contributed by atoms with E-state index in [1.54, 1.807) is 6.26 Å². The zero-order valence-corrected chi connectivity index (χ0v) is 31.3. The Labute approximate surface area is 334 Å². The third-order valence-electron chi connectivity index (χ3n) is 10.9. The second-order valence-corrected chi connectivity index (χ2v) is 14.5. The van der Waals surface area contributed by atoms with Crippen LogP contribution >= 0.6 is 0 Å². The smallest absolute Gasteiger partial charge is 0.164 e. The highest BCUT2D eigenvalue weighted by Gasteiger charge is 2.16. The van der Waals surface area contributed by atoms with E-state index >= 15 is 0 Å². The summed E-state index contributed by atoms with van der Waals surface area (Å²) < 4.78 is 8.66. The zero-order valence-electron chi connectivity index (χ0n) is 31.3. The Balaban J connectivity index is 1.01. The monoisotopic (exact) mass is 742 g/mol. The van der Waals surface area contributed by atoms with Gasteiger partial charge in [0.15, 0.2) is 17.5 Å². The molecule has 3 heterocycles. The van der Waals surface area contributed by atoms with Crippen molar-refractivity contribution in [1.82, 2.24) is 19.5 Å². The van der Waals surface area contributed by atoms with Crippen LogP contribution in [0.5, 0.6) is 0 Å². The van der Waals surface area contributed by atoms with E-state index in [4.69, 9.17) is 19.4 Å². The first-order chi connectivity index (χ1) is 28.7. The Morgan fingerprint density at radius 3 is 1.36 bits per heavy atom. The summed E-state index contributed by atoms with van der Waals surface area (Å²) in [6, 6.07) is 69.7. The summed E-state index contributed by atoms with van der Waals surface area (Å²) in [6.07, 6.45) is 1.72. The van der Waals surface area contributed by atoms with Crippen LogP contribution in [0.1, 0.15) is 0 Å². The lowest BCUT2D eigenvalue weighted by Crippen LogP contribution is -1.99. The van der Waals surface area contributed by atoms with Crippen molar-refractivity contribution in [3.8, 4) is 51.0 Å². The summed E-state index contributed by atoms with van der Waals surface area (Å²) in [4.78, 5) is 14.8. The molecule has 58 heavy (non-hydrogen) atoms. The van der Waals surface area contributed by atoms with Gasteiger partial charge in [-0.15, -0.1) is 0 Å². The Morgan fingerprint density at radius 1 is 0.328 bits per heavy atom. The van der Waals surface area contributed by atoms with E-state index in [1.165, 1.54) is 43.4 Å². The highest BCUT2D eigenvalue weighted by Crippen LogP contribution is 2.38. The molecule has 11 aromatic rings. The molecule has 3 aromatic heterocycles. The van der Waals surface area contributed by atoms with Crippen LogP contribution in [0, 0.1) is 0 Å². The molecule has 0 atom stereocenters. The fourth-order valence-corrected chi connectivity index (χ4v) is 8.01. The molecule has 0 spiro atoms. The summed E-state index contributed by atoms with van der Waals surface area (Å²) in [5, 5.41) is 8.34. The van der Waals surface area contributed by atoms with Gasteiger partial charge in [-0.25, -0.2) is 15.0 Å². The van der Waals surface area contributed by atoms with Gasteiger partial charge in [0.2, 0.25) is 0 Å². The van der Waals surface area contributed by atoms with Crippen molar-refractivity contribution < 1.29 is 4.42 Å². The molecule has 5 heteroatoms. The standard InChI is InChI=1S/C53H34N4O/c1-3-13-36(14-4-1)51-54-52(37-15-5-2-6-16-37)56-53(55-51)44-21-11-12-28-58-50-34-42(22-23-43(50)29-44)35-24-26-45(27-25-35)57-48-32-40-19-9-7-17-38(40)30-46(48)47-31-39-18-8-10-20-41(39)33-49(47)57/h1-34H. The molecule has 0 unspecified atom stereocenters. The Morgan fingerprint density at radius 2 is 0.793 bits per heavy atom. The second kappa shape index (κ2) is 14.0. The van der Waals surface area contributed by atoms with Gasteiger partial charge < -0.3 is 8.98 Å². The summed E-state index contributed by atoms with van der Waals surface area (Å²) >= 11 is 0. The summed E-state index contributed by atoms with van der Waals surface area (Å²) in [5.41, 5.74) is 9.07. The van der Waals surface area contributed by atoms with Crippen LogP contribution < -0.4 is 0 Å². The van der Waals surface area contributed by atoms with Crippen molar-refractivity contribution in [3.05, 3.63) is 206 Å². The SMILES string of the molecule is c1ccc(-c2nc(-c3ccccc3)nc(-c3ccccoc4cc(-c5ccc(-n6c7cc8ccccc8cc7c7cc8ccccc8cc76)cc5)ccc4c3)n2)cc1. The largest absolute Gasteiger partial charge is 0.464 e. The van der Waals surface area contributed by atoms with Crippen molar-refractivity contribution >= 4 is 54.3 Å². The molecule has 0 radical (unpaired) electrons. The highest BCUT2D eigenvalue weighted by molar-refractivity contribution is 6.16. The Hall–Kier alpha value is -7.89. The first kappa shape index (κ1) is 33.4. The number of nitrogens with zero attached hydrogens (tertiary/aromatic N) is 4. The molecule has 0 aliphatic carbocycles. The maximum Gasteiger partial charge on any atom is 0.164 e. The van der Waals surface area contributed by atoms with E-state index in [1.807, 2.05) is 78.9 Å². The number of hydrogen-bond donors (Lipinski definition) is 0. The lowest BCUT2D eigenvalue weighted by Gasteiger charge is -2.11. The summed E-state index contributed by atoms with van der Waals surface area (Å²) in [7, 11) is 0. The van der Waals surface area contributed by atoms with Gasteiger partial charge in [0.1, 0.15) is 5.58 Å². The average molecular weight is 743 g/mol. The highest BCUT2D eigenvalue weighted by atomic mass is 16.3. The normalized spacial score (nSPS) is 11.4. The first-order valence-corrected chi connectivity index (χ1v) is 19.4. The van der Waals surface area contributed by atoms with Crippen molar-refractivity contribution in [2.75, 3.05) is 0 Å². The van der Waals surface area contributed by atoms with E-state index in [2.05, 4.69) is 126 Å². The molecular weight excluding hydrogens is 709 g/mol. The molecule has 0 N–H and O–H groups in total. The molecular formula is C53H34N4O. The van der Waals surface area contributed by atoms with Gasteiger partial charge in [-0.2, -0.15) is 0 Å². The predicted molar refractivity (Wildman–Crippen MR) is 238 cm³/mol. The van der Waals surface area contributed by atoms with E-state index in [0.717, 1.165) is 44.5 Å². The molecule has 11 rings (SSSR count). The van der Waals surface area contributed by atoms with E-state index in [-0.39, 0.29) is 0 Å². The predicted octanol–water partition coefficient (Wildman–Crippen LogP) is 13.8. The van der Waals surface area contributed by atoms with Gasteiger partial charge in [-0.05, 0) is 87.3 Å². The second-order valence-electron chi connectivity index (χ2n) is 14.5. The third-order valence-corrected chi connectivity index (χ3v) is 10.9. The average Bonchev–Trinajstić information content (AvgIpc) is 3.64. The molecule has 0 aliphatic rings. The van der Waals surface area contributed by atoms with Gasteiger partial charge >= 0.3 is 0 Å². The van der Waals surface area contributed by atoms with Gasteiger partial charge in [0.05, 0.1) is 17.3 Å². The molecule has 0 bridgehead atoms. The van der Waals surface area contributed by atoms with Gasteiger partial charge in [0.25, 0.3) is 0 Å². The lowest BCUT2D eigenvalue weighted by atomic mass is 10.0. The van der Waals surface area contributed by atoms with Crippen LogP contribution in [0.3, 0.4) is 0 Å². The number of fused-ring (bicyclic) bond motifs is 6. The van der Waals surface area contributed by atoms with E-state index in [9.17, 15) is 0 Å². The quantitative estimate of drug-likeness (QED) is 0.176. The molecule has 0 saturated carbocycles. The van der Waals surface area contributed by atoms with Crippen LogP contribution in [0.25, 0.3) is 105 Å². The van der Waals surface area contributed by atoms with Crippen LogP contribution in [-0.2, 0) is 0 Å². The Kier molecular flexibility index (Phi) is 8.07. The minimum atomic E-state index is 0.580. The number of hydrogen-bond acceptors (Lipinski definition) is 4. The third kappa shape index (κ3) is 6.03. The van der Waals surface area contributed by atoms with Gasteiger partial charge in [-0.3, -0.25) is 0 Å². The van der Waals surface area contributed by atoms with Gasteiger partial charge in [0, 0.05) is 38.5 Å². The van der Waals surface area contributed by atoms with Crippen molar-refractivity contribution in [2.24, 2.45) is 0 Å². The number of rotatable bonds is 5. The molecule has 0 fully saturated rings. The molecule has 5 nitrogen and oxygen atoms in total. The van der Waals surface area contributed by atoms with Crippen LogP contribution in [0.15, 0.2) is 211 Å². The zero-order chi connectivity index (χ0) is 38.4. The maximum absolute atomic E-state index is 6.26. The lowest BCUT2D eigenvalue weighted by molar-refractivity contribution is 0.607. The van der Waals surface area contributed by atoms with Crippen LogP contribution in [-0.4, -0.2) is 19.5 Å². The minimum absolute atomic E-state index is 0.580.